The minimum atomic E-state index is -1.04. The van der Waals surface area contributed by atoms with Gasteiger partial charge in [0.25, 0.3) is 0 Å². The Morgan fingerprint density at radius 3 is 2.34 bits per heavy atom. The molecule has 0 radical (unpaired) electrons. The molecule has 3 rings (SSSR count). The number of aliphatic hydroxyl groups is 1. The van der Waals surface area contributed by atoms with Crippen molar-refractivity contribution in [3.8, 4) is 16.9 Å². The highest BCUT2D eigenvalue weighted by atomic mass is 35.5. The highest BCUT2D eigenvalue weighted by molar-refractivity contribution is 6.42. The van der Waals surface area contributed by atoms with Crippen LogP contribution in [0.15, 0.2) is 54.9 Å². The number of hydrogen-bond acceptors (Lipinski definition) is 4. The summed E-state index contributed by atoms with van der Waals surface area (Å²) in [5.74, 6) is -0.00279. The molecule has 0 spiro atoms. The lowest BCUT2D eigenvalue weighted by Gasteiger charge is -2.22. The van der Waals surface area contributed by atoms with Crippen LogP contribution in [0.5, 0.6) is 5.75 Å². The van der Waals surface area contributed by atoms with Crippen LogP contribution in [0.4, 0.5) is 4.39 Å². The summed E-state index contributed by atoms with van der Waals surface area (Å²) in [6.45, 7) is 0. The second-order valence-corrected chi connectivity index (χ2v) is 6.81. The minimum absolute atomic E-state index is 0. The third-order valence-electron chi connectivity index (χ3n) is 4.26. The largest absolute Gasteiger partial charge is 0.496 e. The fourth-order valence-electron chi connectivity index (χ4n) is 2.80. The number of aromatic nitrogens is 1. The Morgan fingerprint density at radius 1 is 1.00 bits per heavy atom. The summed E-state index contributed by atoms with van der Waals surface area (Å²) in [5.41, 5.74) is 8.66. The first-order valence-electron chi connectivity index (χ1n) is 8.08. The molecule has 0 bridgehead atoms. The molecule has 0 aliphatic heterocycles. The SMILES string of the molecule is COc1cc(-c2cncc(F)c2)ccc1C(O)C(N)c1ccc(Cl)c(Cl)c1.Cl.Cl. The van der Waals surface area contributed by atoms with E-state index in [-0.39, 0.29) is 24.8 Å². The quantitative estimate of drug-likeness (QED) is 0.486. The van der Waals surface area contributed by atoms with Crippen LogP contribution in [0.3, 0.4) is 0 Å². The van der Waals surface area contributed by atoms with Crippen molar-refractivity contribution in [1.29, 1.82) is 0 Å². The van der Waals surface area contributed by atoms with Crippen molar-refractivity contribution in [2.45, 2.75) is 12.1 Å². The highest BCUT2D eigenvalue weighted by Gasteiger charge is 2.23. The fourth-order valence-corrected chi connectivity index (χ4v) is 3.11. The Bertz CT molecular complexity index is 975. The molecule has 4 nitrogen and oxygen atoms in total. The van der Waals surface area contributed by atoms with Gasteiger partial charge in [0.05, 0.1) is 29.4 Å². The van der Waals surface area contributed by atoms with E-state index in [9.17, 15) is 9.50 Å². The Balaban J connectivity index is 0.00000210. The molecule has 0 amide bonds. The van der Waals surface area contributed by atoms with Crippen LogP contribution in [0.25, 0.3) is 11.1 Å². The summed E-state index contributed by atoms with van der Waals surface area (Å²) in [6.07, 6.45) is 1.64. The smallest absolute Gasteiger partial charge is 0.142 e. The highest BCUT2D eigenvalue weighted by Crippen LogP contribution is 2.37. The van der Waals surface area contributed by atoms with Gasteiger partial charge in [-0.15, -0.1) is 24.8 Å². The fraction of sp³-hybridized carbons (Fsp3) is 0.150. The van der Waals surface area contributed by atoms with Gasteiger partial charge in [-0.25, -0.2) is 4.39 Å². The molecule has 2 aromatic carbocycles. The van der Waals surface area contributed by atoms with E-state index in [1.54, 1.807) is 42.6 Å². The molecule has 0 fully saturated rings. The van der Waals surface area contributed by atoms with Gasteiger partial charge in [-0.3, -0.25) is 4.98 Å². The van der Waals surface area contributed by atoms with Gasteiger partial charge in [-0.05, 0) is 35.4 Å². The standard InChI is InChI=1S/C20H17Cl2FN2O2.2ClH/c1-27-18-8-11(13-6-14(23)10-25-9-13)2-4-15(18)20(26)19(24)12-3-5-16(21)17(22)7-12;;/h2-10,19-20,26H,24H2,1H3;2*1H. The van der Waals surface area contributed by atoms with E-state index in [0.717, 1.165) is 6.20 Å². The van der Waals surface area contributed by atoms with E-state index in [1.807, 2.05) is 0 Å². The van der Waals surface area contributed by atoms with E-state index in [4.69, 9.17) is 33.7 Å². The lowest BCUT2D eigenvalue weighted by molar-refractivity contribution is 0.143. The molecule has 0 saturated heterocycles. The van der Waals surface area contributed by atoms with Crippen molar-refractivity contribution in [2.75, 3.05) is 7.11 Å². The van der Waals surface area contributed by atoms with E-state index in [0.29, 0.717) is 38.0 Å². The van der Waals surface area contributed by atoms with Crippen molar-refractivity contribution < 1.29 is 14.2 Å². The Kier molecular flexibility index (Phi) is 9.62. The number of pyridine rings is 1. The Labute approximate surface area is 190 Å². The van der Waals surface area contributed by atoms with Crippen molar-refractivity contribution in [3.05, 3.63) is 81.8 Å². The summed E-state index contributed by atoms with van der Waals surface area (Å²) in [6, 6.07) is 10.7. The van der Waals surface area contributed by atoms with Gasteiger partial charge in [0, 0.05) is 17.3 Å². The molecule has 2 atom stereocenters. The number of ether oxygens (including phenoxy) is 1. The van der Waals surface area contributed by atoms with E-state index >= 15 is 0 Å². The summed E-state index contributed by atoms with van der Waals surface area (Å²) < 4.78 is 18.8. The molecular weight excluding hydrogens is 461 g/mol. The number of methoxy groups -OCH3 is 1. The van der Waals surface area contributed by atoms with Gasteiger partial charge in [0.1, 0.15) is 17.7 Å². The molecule has 0 aliphatic rings. The number of rotatable bonds is 5. The number of hydrogen-bond donors (Lipinski definition) is 2. The van der Waals surface area contributed by atoms with Crippen molar-refractivity contribution in [3.63, 3.8) is 0 Å². The van der Waals surface area contributed by atoms with Crippen LogP contribution >= 0.6 is 48.0 Å². The number of halogens is 5. The summed E-state index contributed by atoms with van der Waals surface area (Å²) in [4.78, 5) is 3.85. The molecule has 1 heterocycles. The average molecular weight is 480 g/mol. The van der Waals surface area contributed by atoms with Crippen LogP contribution in [0, 0.1) is 5.82 Å². The van der Waals surface area contributed by atoms with Gasteiger partial charge in [-0.2, -0.15) is 0 Å². The molecule has 2 unspecified atom stereocenters. The minimum Gasteiger partial charge on any atom is -0.496 e. The first-order valence-corrected chi connectivity index (χ1v) is 8.83. The second-order valence-electron chi connectivity index (χ2n) is 5.99. The number of benzene rings is 2. The molecule has 1 aromatic heterocycles. The first-order chi connectivity index (χ1) is 12.9. The maximum Gasteiger partial charge on any atom is 0.142 e. The van der Waals surface area contributed by atoms with Crippen molar-refractivity contribution >= 4 is 48.0 Å². The summed E-state index contributed by atoms with van der Waals surface area (Å²) >= 11 is 12.0. The van der Waals surface area contributed by atoms with E-state index in [1.165, 1.54) is 13.2 Å². The molecule has 9 heteroatoms. The Morgan fingerprint density at radius 2 is 1.72 bits per heavy atom. The van der Waals surface area contributed by atoms with Gasteiger partial charge in [-0.1, -0.05) is 41.4 Å². The van der Waals surface area contributed by atoms with Crippen LogP contribution in [-0.4, -0.2) is 17.2 Å². The predicted octanol–water partition coefficient (Wildman–Crippen LogP) is 5.78. The van der Waals surface area contributed by atoms with Crippen LogP contribution in [0.1, 0.15) is 23.3 Å². The van der Waals surface area contributed by atoms with Crippen molar-refractivity contribution in [2.24, 2.45) is 5.73 Å². The average Bonchev–Trinajstić information content (AvgIpc) is 2.68. The number of nitrogens with zero attached hydrogens (tertiary/aromatic N) is 1. The van der Waals surface area contributed by atoms with Crippen LogP contribution in [0.2, 0.25) is 10.0 Å². The molecule has 156 valence electrons. The normalized spacial score (nSPS) is 12.3. The van der Waals surface area contributed by atoms with Crippen LogP contribution < -0.4 is 10.5 Å². The van der Waals surface area contributed by atoms with E-state index in [2.05, 4.69) is 4.98 Å². The van der Waals surface area contributed by atoms with Gasteiger partial charge < -0.3 is 15.6 Å². The van der Waals surface area contributed by atoms with Gasteiger partial charge >= 0.3 is 0 Å². The van der Waals surface area contributed by atoms with E-state index < -0.39 is 18.0 Å². The maximum atomic E-state index is 13.4. The third kappa shape index (κ3) is 5.72. The number of nitrogens with two attached hydrogens (primary N) is 1. The molecular formula is C20H19Cl4FN2O2. The summed E-state index contributed by atoms with van der Waals surface area (Å²) in [7, 11) is 1.49. The lowest BCUT2D eigenvalue weighted by atomic mass is 9.94. The molecule has 29 heavy (non-hydrogen) atoms. The molecule has 3 aromatic rings. The maximum absolute atomic E-state index is 13.4. The zero-order chi connectivity index (χ0) is 19.6. The molecule has 3 N–H and O–H groups in total. The zero-order valence-electron chi connectivity index (χ0n) is 15.2. The molecule has 0 saturated carbocycles. The monoisotopic (exact) mass is 478 g/mol. The van der Waals surface area contributed by atoms with Crippen LogP contribution in [-0.2, 0) is 0 Å². The summed E-state index contributed by atoms with van der Waals surface area (Å²) in [5, 5.41) is 11.5. The molecule has 0 aliphatic carbocycles. The number of aliphatic hydroxyl groups excluding tert-OH is 1. The first kappa shape index (κ1) is 25.4. The van der Waals surface area contributed by atoms with Gasteiger partial charge in [0.2, 0.25) is 0 Å². The predicted molar refractivity (Wildman–Crippen MR) is 119 cm³/mol. The Hall–Kier alpha value is -1.60. The lowest BCUT2D eigenvalue weighted by Crippen LogP contribution is -2.20. The topological polar surface area (TPSA) is 68.4 Å². The zero-order valence-corrected chi connectivity index (χ0v) is 18.3. The van der Waals surface area contributed by atoms with Gasteiger partial charge in [0.15, 0.2) is 0 Å². The second kappa shape index (κ2) is 11.0. The van der Waals surface area contributed by atoms with Crippen molar-refractivity contribution in [1.82, 2.24) is 4.98 Å². The third-order valence-corrected chi connectivity index (χ3v) is 5.00.